The Balaban J connectivity index is 2.86. The van der Waals surface area contributed by atoms with Crippen molar-refractivity contribution in [1.82, 2.24) is 5.32 Å². The fourth-order valence-corrected chi connectivity index (χ4v) is 4.17. The molecule has 0 aliphatic rings. The van der Waals surface area contributed by atoms with E-state index in [4.69, 9.17) is 17.3 Å². The Morgan fingerprint density at radius 3 is 2.63 bits per heavy atom. The monoisotopic (exact) mass is 317 g/mol. The van der Waals surface area contributed by atoms with Gasteiger partial charge in [0.15, 0.2) is 0 Å². The molecule has 2 N–H and O–H groups in total. The number of aliphatic hydroxyl groups is 1. The maximum absolute atomic E-state index is 12.3. The topological polar surface area (TPSA) is 49.3 Å². The molecule has 0 radical (unpaired) electrons. The minimum Gasteiger partial charge on any atom is -0.395 e. The van der Waals surface area contributed by atoms with Crippen LogP contribution in [0.2, 0.25) is 0 Å². The largest absolute Gasteiger partial charge is 0.395 e. The van der Waals surface area contributed by atoms with Gasteiger partial charge in [-0.25, -0.2) is 11.8 Å². The molecule has 1 aromatic carbocycles. The lowest BCUT2D eigenvalue weighted by molar-refractivity contribution is -0.123. The van der Waals surface area contributed by atoms with Crippen LogP contribution >= 0.6 is 36.6 Å². The predicted molar refractivity (Wildman–Crippen MR) is 90.6 cm³/mol. The highest BCUT2D eigenvalue weighted by atomic mass is 32.2. The molecule has 6 heteroatoms. The van der Waals surface area contributed by atoms with Crippen molar-refractivity contribution in [3.63, 3.8) is 0 Å². The Morgan fingerprint density at radius 2 is 2.11 bits per heavy atom. The van der Waals surface area contributed by atoms with E-state index in [0.717, 1.165) is 5.56 Å². The van der Waals surface area contributed by atoms with E-state index in [-0.39, 0.29) is 30.8 Å². The highest BCUT2D eigenvalue weighted by molar-refractivity contribution is 8.42. The van der Waals surface area contributed by atoms with Gasteiger partial charge in [0.05, 0.1) is 14.9 Å². The molecule has 0 saturated heterocycles. The summed E-state index contributed by atoms with van der Waals surface area (Å²) in [6.45, 7) is 2.07. The van der Waals surface area contributed by atoms with E-state index in [0.29, 0.717) is 9.95 Å². The third kappa shape index (κ3) is 5.52. The molecular formula is C13H19NO2S3. The number of benzene rings is 1. The maximum Gasteiger partial charge on any atom is 0.234 e. The summed E-state index contributed by atoms with van der Waals surface area (Å²) in [5, 5.41) is 11.5. The molecule has 0 saturated carbocycles. The van der Waals surface area contributed by atoms with Gasteiger partial charge in [-0.1, -0.05) is 42.5 Å². The lowest BCUT2D eigenvalue weighted by atomic mass is 9.99. The van der Waals surface area contributed by atoms with E-state index in [9.17, 15) is 4.79 Å². The molecule has 0 heterocycles. The lowest BCUT2D eigenvalue weighted by Crippen LogP contribution is -2.45. The van der Waals surface area contributed by atoms with Crippen molar-refractivity contribution in [2.24, 2.45) is 0 Å². The Morgan fingerprint density at radius 1 is 1.47 bits per heavy atom. The average Bonchev–Trinajstić information content (AvgIpc) is 2.36. The summed E-state index contributed by atoms with van der Waals surface area (Å²) in [6.07, 6.45) is 0.601. The molecular weight excluding hydrogens is 298 g/mol. The maximum atomic E-state index is 12.3. The first-order valence-corrected chi connectivity index (χ1v) is 7.77. The van der Waals surface area contributed by atoms with Crippen LogP contribution in [0, 0.1) is 0 Å². The van der Waals surface area contributed by atoms with Gasteiger partial charge in [0.2, 0.25) is 5.91 Å². The van der Waals surface area contributed by atoms with Crippen LogP contribution in [-0.4, -0.2) is 32.4 Å². The smallest absolute Gasteiger partial charge is 0.234 e. The molecule has 3 nitrogen and oxygen atoms in total. The standard InChI is InChI=1S/C13H19NO2S3/c1-13(19-12(17)18,11(16)14-7-8-15)9-10-5-3-2-4-6-10/h2-6,15H,7-9,19H2,1H3,(H,14,16)(H,17,18). The van der Waals surface area contributed by atoms with Crippen molar-refractivity contribution in [3.8, 4) is 0 Å². The van der Waals surface area contributed by atoms with Crippen molar-refractivity contribution in [3.05, 3.63) is 35.9 Å². The van der Waals surface area contributed by atoms with E-state index in [1.54, 1.807) is 0 Å². The van der Waals surface area contributed by atoms with Crippen molar-refractivity contribution in [2.45, 2.75) is 18.1 Å². The number of aliphatic hydroxyl groups excluding tert-OH is 1. The summed E-state index contributed by atoms with van der Waals surface area (Å²) in [5.41, 5.74) is 1.08. The number of hydrogen-bond acceptors (Lipinski definition) is 3. The minimum atomic E-state index is -0.616. The second-order valence-electron chi connectivity index (χ2n) is 4.40. The van der Waals surface area contributed by atoms with Crippen LogP contribution in [-0.2, 0) is 11.2 Å². The van der Waals surface area contributed by atoms with Gasteiger partial charge in [-0.05, 0) is 18.9 Å². The van der Waals surface area contributed by atoms with Gasteiger partial charge >= 0.3 is 0 Å². The molecule has 106 valence electrons. The van der Waals surface area contributed by atoms with Gasteiger partial charge in [0, 0.05) is 6.54 Å². The summed E-state index contributed by atoms with van der Waals surface area (Å²) in [4.78, 5) is 12.3. The molecule has 1 rings (SSSR count). The second kappa shape index (κ2) is 7.89. The molecule has 0 aliphatic heterocycles. The van der Waals surface area contributed by atoms with E-state index in [2.05, 4.69) is 17.9 Å². The second-order valence-corrected chi connectivity index (χ2v) is 8.20. The zero-order chi connectivity index (χ0) is 14.3. The van der Waals surface area contributed by atoms with Gasteiger partial charge in [0.25, 0.3) is 0 Å². The number of thiocarbonyl (C=S) groups is 1. The van der Waals surface area contributed by atoms with Crippen molar-refractivity contribution in [1.29, 1.82) is 0 Å². The predicted octanol–water partition coefficient (Wildman–Crippen LogP) is 1.51. The summed E-state index contributed by atoms with van der Waals surface area (Å²) in [6, 6.07) is 9.82. The Kier molecular flexibility index (Phi) is 6.85. The SMILES string of the molecule is CC(Cc1ccccc1)([SH2]C(=S)S)C(=O)NCCO. The van der Waals surface area contributed by atoms with Crippen LogP contribution in [0.15, 0.2) is 30.3 Å². The first-order chi connectivity index (χ1) is 8.98. The fraction of sp³-hybridized carbons (Fsp3) is 0.385. The van der Waals surface area contributed by atoms with Gasteiger partial charge in [-0.2, -0.15) is 0 Å². The Labute approximate surface area is 128 Å². The number of carbonyl (C=O) groups excluding carboxylic acids is 1. The molecule has 0 bridgehead atoms. The van der Waals surface area contributed by atoms with Gasteiger partial charge in [-0.15, -0.1) is 12.6 Å². The molecule has 1 amide bonds. The highest BCUT2D eigenvalue weighted by Crippen LogP contribution is 2.32. The van der Waals surface area contributed by atoms with Crippen LogP contribution in [0.5, 0.6) is 0 Å². The van der Waals surface area contributed by atoms with Crippen LogP contribution in [0.1, 0.15) is 12.5 Å². The number of nitrogens with one attached hydrogen (secondary N) is 1. The zero-order valence-electron chi connectivity index (χ0n) is 10.7. The van der Waals surface area contributed by atoms with Gasteiger partial charge in [-0.3, -0.25) is 4.79 Å². The van der Waals surface area contributed by atoms with Gasteiger partial charge in [0.1, 0.15) is 0 Å². The summed E-state index contributed by atoms with van der Waals surface area (Å²) in [5.74, 6) is -0.0971. The van der Waals surface area contributed by atoms with Crippen molar-refractivity contribution >= 4 is 46.0 Å². The lowest BCUT2D eigenvalue weighted by Gasteiger charge is -2.29. The number of rotatable bonds is 6. The van der Waals surface area contributed by atoms with Crippen LogP contribution in [0.25, 0.3) is 0 Å². The molecule has 0 spiro atoms. The summed E-state index contributed by atoms with van der Waals surface area (Å²) in [7, 11) is 0. The molecule has 1 atom stereocenters. The molecule has 0 aliphatic carbocycles. The molecule has 0 fully saturated rings. The van der Waals surface area contributed by atoms with E-state index in [1.807, 2.05) is 37.3 Å². The van der Waals surface area contributed by atoms with E-state index < -0.39 is 4.75 Å². The number of thiol groups is 1. The first-order valence-electron chi connectivity index (χ1n) is 5.92. The quantitative estimate of drug-likeness (QED) is 0.551. The minimum absolute atomic E-state index is 0.0679. The molecule has 1 unspecified atom stereocenters. The van der Waals surface area contributed by atoms with E-state index in [1.165, 1.54) is 0 Å². The van der Waals surface area contributed by atoms with E-state index >= 15 is 0 Å². The zero-order valence-corrected chi connectivity index (χ0v) is 13.4. The molecule has 19 heavy (non-hydrogen) atoms. The normalized spacial score (nSPS) is 14.7. The first kappa shape index (κ1) is 16.5. The summed E-state index contributed by atoms with van der Waals surface area (Å²) >= 11 is 9.35. The fourth-order valence-electron chi connectivity index (χ4n) is 1.79. The number of amides is 1. The van der Waals surface area contributed by atoms with Gasteiger partial charge < -0.3 is 10.4 Å². The Hall–Kier alpha value is -0.560. The Bertz CT molecular complexity index is 439. The third-order valence-corrected chi connectivity index (χ3v) is 4.49. The molecule has 1 aromatic rings. The van der Waals surface area contributed by atoms with Crippen LogP contribution < -0.4 is 5.32 Å². The van der Waals surface area contributed by atoms with Crippen molar-refractivity contribution in [2.75, 3.05) is 13.2 Å². The molecule has 0 aromatic heterocycles. The van der Waals surface area contributed by atoms with Crippen LogP contribution in [0.3, 0.4) is 0 Å². The average molecular weight is 318 g/mol. The van der Waals surface area contributed by atoms with Crippen molar-refractivity contribution < 1.29 is 9.90 Å². The highest BCUT2D eigenvalue weighted by Gasteiger charge is 2.32. The number of hydrogen-bond donors (Lipinski definition) is 3. The van der Waals surface area contributed by atoms with Crippen LogP contribution in [0.4, 0.5) is 0 Å². The summed E-state index contributed by atoms with van der Waals surface area (Å²) < 4.78 is -0.0763. The third-order valence-electron chi connectivity index (χ3n) is 2.68. The number of carbonyl (C=O) groups is 1.